The minimum atomic E-state index is 0.120. The van der Waals surface area contributed by atoms with E-state index >= 15 is 0 Å². The van der Waals surface area contributed by atoms with Crippen molar-refractivity contribution < 1.29 is 0 Å². The van der Waals surface area contributed by atoms with Crippen molar-refractivity contribution in [1.29, 1.82) is 0 Å². The second-order valence-corrected chi connectivity index (χ2v) is 5.09. The SMILES string of the molecule is NNC(c1cncnc1)C1CCc2ccccc2C1. The molecule has 1 aliphatic carbocycles. The fourth-order valence-electron chi connectivity index (χ4n) is 2.99. The minimum Gasteiger partial charge on any atom is -0.271 e. The lowest BCUT2D eigenvalue weighted by atomic mass is 9.78. The van der Waals surface area contributed by atoms with Gasteiger partial charge in [0.1, 0.15) is 6.33 Å². The summed E-state index contributed by atoms with van der Waals surface area (Å²) in [6.07, 6.45) is 8.55. The Morgan fingerprint density at radius 2 is 1.89 bits per heavy atom. The van der Waals surface area contributed by atoms with Crippen LogP contribution in [0.4, 0.5) is 0 Å². The second-order valence-electron chi connectivity index (χ2n) is 5.09. The fraction of sp³-hybridized carbons (Fsp3) is 0.333. The Hall–Kier alpha value is -1.78. The van der Waals surface area contributed by atoms with E-state index in [-0.39, 0.29) is 6.04 Å². The van der Waals surface area contributed by atoms with Crippen LogP contribution < -0.4 is 11.3 Å². The van der Waals surface area contributed by atoms with Gasteiger partial charge < -0.3 is 0 Å². The smallest absolute Gasteiger partial charge is 0.115 e. The third kappa shape index (κ3) is 2.50. The first-order valence-corrected chi connectivity index (χ1v) is 6.66. The first-order valence-electron chi connectivity index (χ1n) is 6.66. The van der Waals surface area contributed by atoms with E-state index in [1.54, 1.807) is 6.33 Å². The molecule has 1 aliphatic rings. The summed E-state index contributed by atoms with van der Waals surface area (Å²) in [5.41, 5.74) is 6.91. The van der Waals surface area contributed by atoms with Crippen molar-refractivity contribution in [2.75, 3.05) is 0 Å². The number of fused-ring (bicyclic) bond motifs is 1. The summed E-state index contributed by atoms with van der Waals surface area (Å²) in [6.45, 7) is 0. The average molecular weight is 254 g/mol. The van der Waals surface area contributed by atoms with Crippen molar-refractivity contribution >= 4 is 0 Å². The topological polar surface area (TPSA) is 63.8 Å². The second kappa shape index (κ2) is 5.47. The number of rotatable bonds is 3. The predicted octanol–water partition coefficient (Wildman–Crippen LogP) is 1.79. The Bertz CT molecular complexity index is 541. The van der Waals surface area contributed by atoms with Crippen LogP contribution in [0.25, 0.3) is 0 Å². The molecule has 0 saturated carbocycles. The Morgan fingerprint density at radius 3 is 2.63 bits per heavy atom. The van der Waals surface area contributed by atoms with Gasteiger partial charge in [-0.1, -0.05) is 24.3 Å². The zero-order chi connectivity index (χ0) is 13.1. The molecule has 4 nitrogen and oxygen atoms in total. The maximum Gasteiger partial charge on any atom is 0.115 e. The molecule has 2 aromatic rings. The van der Waals surface area contributed by atoms with E-state index < -0.39 is 0 Å². The molecule has 19 heavy (non-hydrogen) atoms. The number of benzene rings is 1. The summed E-state index contributed by atoms with van der Waals surface area (Å²) in [4.78, 5) is 8.17. The summed E-state index contributed by atoms with van der Waals surface area (Å²) >= 11 is 0. The molecule has 98 valence electrons. The van der Waals surface area contributed by atoms with E-state index in [1.165, 1.54) is 11.1 Å². The van der Waals surface area contributed by atoms with Gasteiger partial charge in [-0.2, -0.15) is 0 Å². The fourth-order valence-corrected chi connectivity index (χ4v) is 2.99. The van der Waals surface area contributed by atoms with Gasteiger partial charge in [0.05, 0.1) is 6.04 Å². The van der Waals surface area contributed by atoms with E-state index in [0.29, 0.717) is 5.92 Å². The number of nitrogens with zero attached hydrogens (tertiary/aromatic N) is 2. The van der Waals surface area contributed by atoms with Crippen LogP contribution in [-0.2, 0) is 12.8 Å². The molecule has 4 heteroatoms. The highest BCUT2D eigenvalue weighted by atomic mass is 15.2. The summed E-state index contributed by atoms with van der Waals surface area (Å²) in [6, 6.07) is 8.79. The summed E-state index contributed by atoms with van der Waals surface area (Å²) in [5.74, 6) is 6.24. The molecule has 0 radical (unpaired) electrons. The highest BCUT2D eigenvalue weighted by Crippen LogP contribution is 2.33. The first-order chi connectivity index (χ1) is 9.38. The van der Waals surface area contributed by atoms with E-state index in [0.717, 1.165) is 24.8 Å². The van der Waals surface area contributed by atoms with E-state index in [9.17, 15) is 0 Å². The number of hydrogen-bond donors (Lipinski definition) is 2. The van der Waals surface area contributed by atoms with Crippen molar-refractivity contribution in [2.45, 2.75) is 25.3 Å². The van der Waals surface area contributed by atoms with Crippen molar-refractivity contribution in [2.24, 2.45) is 11.8 Å². The lowest BCUT2D eigenvalue weighted by Gasteiger charge is -2.31. The van der Waals surface area contributed by atoms with Crippen molar-refractivity contribution in [3.63, 3.8) is 0 Å². The Kier molecular flexibility index (Phi) is 3.53. The third-order valence-corrected chi connectivity index (χ3v) is 3.98. The maximum absolute atomic E-state index is 5.75. The molecule has 1 aromatic heterocycles. The van der Waals surface area contributed by atoms with Gasteiger partial charge in [0.25, 0.3) is 0 Å². The van der Waals surface area contributed by atoms with Gasteiger partial charge in [0.15, 0.2) is 0 Å². The monoisotopic (exact) mass is 254 g/mol. The van der Waals surface area contributed by atoms with Crippen LogP contribution in [0.15, 0.2) is 43.0 Å². The molecule has 0 bridgehead atoms. The van der Waals surface area contributed by atoms with Crippen LogP contribution >= 0.6 is 0 Å². The normalized spacial score (nSPS) is 19.7. The quantitative estimate of drug-likeness (QED) is 0.647. The van der Waals surface area contributed by atoms with Crippen LogP contribution in [0.1, 0.15) is 29.2 Å². The zero-order valence-electron chi connectivity index (χ0n) is 10.8. The van der Waals surface area contributed by atoms with Gasteiger partial charge in [0.2, 0.25) is 0 Å². The molecular weight excluding hydrogens is 236 g/mol. The summed E-state index contributed by atoms with van der Waals surface area (Å²) in [7, 11) is 0. The van der Waals surface area contributed by atoms with Crippen LogP contribution in [0.5, 0.6) is 0 Å². The van der Waals surface area contributed by atoms with E-state index in [2.05, 4.69) is 39.7 Å². The van der Waals surface area contributed by atoms with E-state index in [1.807, 2.05) is 12.4 Å². The maximum atomic E-state index is 5.75. The minimum absolute atomic E-state index is 0.120. The van der Waals surface area contributed by atoms with Crippen molar-refractivity contribution in [3.8, 4) is 0 Å². The molecule has 0 spiro atoms. The van der Waals surface area contributed by atoms with Crippen molar-refractivity contribution in [3.05, 3.63) is 59.7 Å². The molecule has 0 amide bonds. The van der Waals surface area contributed by atoms with Gasteiger partial charge in [-0.05, 0) is 36.3 Å². The van der Waals surface area contributed by atoms with Crippen LogP contribution in [0.2, 0.25) is 0 Å². The number of hydrazine groups is 1. The van der Waals surface area contributed by atoms with Gasteiger partial charge in [-0.15, -0.1) is 0 Å². The number of nitrogens with one attached hydrogen (secondary N) is 1. The van der Waals surface area contributed by atoms with Crippen molar-refractivity contribution in [1.82, 2.24) is 15.4 Å². The molecular formula is C15H18N4. The molecule has 0 aliphatic heterocycles. The Morgan fingerprint density at radius 1 is 1.16 bits per heavy atom. The molecule has 2 unspecified atom stereocenters. The third-order valence-electron chi connectivity index (χ3n) is 3.98. The Labute approximate surface area is 113 Å². The highest BCUT2D eigenvalue weighted by Gasteiger charge is 2.26. The number of hydrogen-bond acceptors (Lipinski definition) is 4. The van der Waals surface area contributed by atoms with Gasteiger partial charge in [-0.3, -0.25) is 11.3 Å². The molecule has 0 saturated heterocycles. The lowest BCUT2D eigenvalue weighted by Crippen LogP contribution is -2.36. The summed E-state index contributed by atoms with van der Waals surface area (Å²) < 4.78 is 0. The molecule has 2 atom stereocenters. The average Bonchev–Trinajstić information content (AvgIpc) is 2.49. The van der Waals surface area contributed by atoms with Crippen LogP contribution in [-0.4, -0.2) is 9.97 Å². The first kappa shape index (κ1) is 12.3. The predicted molar refractivity (Wildman–Crippen MR) is 74.1 cm³/mol. The Balaban J connectivity index is 1.83. The van der Waals surface area contributed by atoms with Gasteiger partial charge in [-0.25, -0.2) is 9.97 Å². The molecule has 1 heterocycles. The van der Waals surface area contributed by atoms with Crippen LogP contribution in [0.3, 0.4) is 0 Å². The molecule has 1 aromatic carbocycles. The highest BCUT2D eigenvalue weighted by molar-refractivity contribution is 5.30. The zero-order valence-corrected chi connectivity index (χ0v) is 10.8. The lowest BCUT2D eigenvalue weighted by molar-refractivity contribution is 0.328. The van der Waals surface area contributed by atoms with E-state index in [4.69, 9.17) is 5.84 Å². The van der Waals surface area contributed by atoms with Gasteiger partial charge in [0, 0.05) is 18.0 Å². The standard InChI is InChI=1S/C15H18N4/c16-19-15(14-8-17-10-18-9-14)13-6-5-11-3-1-2-4-12(11)7-13/h1-4,8-10,13,15,19H,5-7,16H2. The largest absolute Gasteiger partial charge is 0.271 e. The van der Waals surface area contributed by atoms with Gasteiger partial charge >= 0.3 is 0 Å². The molecule has 0 fully saturated rings. The number of aromatic nitrogens is 2. The molecule has 3 rings (SSSR count). The summed E-state index contributed by atoms with van der Waals surface area (Å²) in [5, 5.41) is 0. The molecule has 3 N–H and O–H groups in total. The number of aryl methyl sites for hydroxylation is 1. The number of nitrogens with two attached hydrogens (primary N) is 1. The van der Waals surface area contributed by atoms with Crippen LogP contribution in [0, 0.1) is 5.92 Å².